The topological polar surface area (TPSA) is 47.9 Å². The van der Waals surface area contributed by atoms with Gasteiger partial charge in [-0.25, -0.2) is 0 Å². The summed E-state index contributed by atoms with van der Waals surface area (Å²) in [7, 11) is 1.81. The quantitative estimate of drug-likeness (QED) is 0.631. The van der Waals surface area contributed by atoms with Crippen LogP contribution in [0.25, 0.3) is 0 Å². The van der Waals surface area contributed by atoms with Gasteiger partial charge in [0.25, 0.3) is 0 Å². The fourth-order valence-corrected chi connectivity index (χ4v) is 5.04. The minimum Gasteiger partial charge on any atom is -0.356 e. The Hall–Kier alpha value is -0.910. The molecule has 0 aromatic rings. The Labute approximate surface area is 145 Å². The highest BCUT2D eigenvalue weighted by Gasteiger charge is 2.40. The maximum absolute atomic E-state index is 12.6. The minimum absolute atomic E-state index is 0.178. The van der Waals surface area contributed by atoms with Gasteiger partial charge in [-0.05, 0) is 58.0 Å². The Morgan fingerprint density at radius 3 is 2.57 bits per heavy atom. The van der Waals surface area contributed by atoms with E-state index in [0.717, 1.165) is 25.0 Å². The first-order chi connectivity index (χ1) is 10.8. The number of amides is 1. The Morgan fingerprint density at radius 1 is 1.39 bits per heavy atom. The molecular formula is C17H32N4OS. The van der Waals surface area contributed by atoms with Crippen LogP contribution in [0, 0.1) is 5.92 Å². The summed E-state index contributed by atoms with van der Waals surface area (Å²) in [6.07, 6.45) is 2.56. The molecule has 132 valence electrons. The van der Waals surface area contributed by atoms with Gasteiger partial charge < -0.3 is 15.1 Å². The second kappa shape index (κ2) is 7.77. The van der Waals surface area contributed by atoms with Gasteiger partial charge in [-0.15, -0.1) is 0 Å². The lowest BCUT2D eigenvalue weighted by atomic mass is 9.96. The van der Waals surface area contributed by atoms with Crippen molar-refractivity contribution in [2.24, 2.45) is 10.9 Å². The molecule has 0 aromatic carbocycles. The number of nitrogens with one attached hydrogen (secondary N) is 1. The second-order valence-electron chi connectivity index (χ2n) is 7.51. The minimum atomic E-state index is -0.178. The molecule has 1 amide bonds. The lowest BCUT2D eigenvalue weighted by molar-refractivity contribution is -0.145. The smallest absolute Gasteiger partial charge is 0.242 e. The largest absolute Gasteiger partial charge is 0.356 e. The standard InChI is InChI=1S/C17H32N4OS/c1-13(2)21-15(22)11-20(12-17(21,3)4)16(18-5)19-10-14-6-8-23-9-7-14/h13-14H,6-12H2,1-5H3,(H,18,19). The first-order valence-electron chi connectivity index (χ1n) is 8.70. The lowest BCUT2D eigenvalue weighted by Crippen LogP contribution is -2.66. The van der Waals surface area contributed by atoms with Gasteiger partial charge in [0.05, 0.1) is 12.1 Å². The van der Waals surface area contributed by atoms with Gasteiger partial charge in [0.2, 0.25) is 5.91 Å². The van der Waals surface area contributed by atoms with Gasteiger partial charge in [0.1, 0.15) is 0 Å². The molecule has 2 saturated heterocycles. The summed E-state index contributed by atoms with van der Waals surface area (Å²) in [5.41, 5.74) is -0.178. The molecule has 2 aliphatic rings. The number of nitrogens with zero attached hydrogens (tertiary/aromatic N) is 3. The van der Waals surface area contributed by atoms with Crippen LogP contribution in [0.1, 0.15) is 40.5 Å². The number of piperazine rings is 1. The molecule has 1 N–H and O–H groups in total. The average Bonchev–Trinajstić information content (AvgIpc) is 2.46. The van der Waals surface area contributed by atoms with Crippen molar-refractivity contribution < 1.29 is 4.79 Å². The van der Waals surface area contributed by atoms with Crippen LogP contribution in [-0.4, -0.2) is 71.4 Å². The van der Waals surface area contributed by atoms with Gasteiger partial charge in [0, 0.05) is 26.2 Å². The van der Waals surface area contributed by atoms with Gasteiger partial charge in [-0.1, -0.05) is 0 Å². The maximum atomic E-state index is 12.6. The van der Waals surface area contributed by atoms with E-state index < -0.39 is 0 Å². The highest BCUT2D eigenvalue weighted by Crippen LogP contribution is 2.25. The molecule has 0 aliphatic carbocycles. The van der Waals surface area contributed by atoms with Crippen molar-refractivity contribution in [2.75, 3.05) is 38.2 Å². The summed E-state index contributed by atoms with van der Waals surface area (Å²) in [4.78, 5) is 21.1. The third-order valence-electron chi connectivity index (χ3n) is 4.74. The molecule has 0 radical (unpaired) electrons. The van der Waals surface area contributed by atoms with E-state index >= 15 is 0 Å². The SMILES string of the molecule is CN=C(NCC1CCSCC1)N1CC(=O)N(C(C)C)C(C)(C)C1. The Morgan fingerprint density at radius 2 is 2.04 bits per heavy atom. The zero-order valence-corrected chi connectivity index (χ0v) is 16.1. The normalized spacial score (nSPS) is 23.6. The van der Waals surface area contributed by atoms with Crippen LogP contribution in [0.5, 0.6) is 0 Å². The van der Waals surface area contributed by atoms with Crippen LogP contribution >= 0.6 is 11.8 Å². The summed E-state index contributed by atoms with van der Waals surface area (Å²) in [6.45, 7) is 10.7. The van der Waals surface area contributed by atoms with Crippen molar-refractivity contribution >= 4 is 23.6 Å². The predicted molar refractivity (Wildman–Crippen MR) is 99.0 cm³/mol. The summed E-state index contributed by atoms with van der Waals surface area (Å²) >= 11 is 2.05. The molecule has 0 saturated carbocycles. The zero-order chi connectivity index (χ0) is 17.0. The molecule has 2 fully saturated rings. The average molecular weight is 341 g/mol. The number of carbonyl (C=O) groups excluding carboxylic acids is 1. The highest BCUT2D eigenvalue weighted by atomic mass is 32.2. The number of hydrogen-bond donors (Lipinski definition) is 1. The number of thioether (sulfide) groups is 1. The molecule has 0 aromatic heterocycles. The molecule has 5 nitrogen and oxygen atoms in total. The Bertz CT molecular complexity index is 444. The third-order valence-corrected chi connectivity index (χ3v) is 5.79. The molecule has 6 heteroatoms. The lowest BCUT2D eigenvalue weighted by Gasteiger charge is -2.49. The zero-order valence-electron chi connectivity index (χ0n) is 15.3. The number of aliphatic imine (C=N–C) groups is 1. The fraction of sp³-hybridized carbons (Fsp3) is 0.882. The van der Waals surface area contributed by atoms with E-state index in [0.29, 0.717) is 6.54 Å². The van der Waals surface area contributed by atoms with Gasteiger partial charge >= 0.3 is 0 Å². The second-order valence-corrected chi connectivity index (χ2v) is 8.73. The van der Waals surface area contributed by atoms with Crippen molar-refractivity contribution in [1.82, 2.24) is 15.1 Å². The molecule has 0 unspecified atom stereocenters. The Balaban J connectivity index is 1.97. The number of rotatable bonds is 3. The van der Waals surface area contributed by atoms with Gasteiger partial charge in [-0.2, -0.15) is 11.8 Å². The molecule has 2 rings (SSSR count). The first-order valence-corrected chi connectivity index (χ1v) is 9.86. The molecule has 2 heterocycles. The number of hydrogen-bond acceptors (Lipinski definition) is 3. The van der Waals surface area contributed by atoms with Crippen molar-refractivity contribution in [3.05, 3.63) is 0 Å². The fourth-order valence-electron chi connectivity index (χ4n) is 3.83. The predicted octanol–water partition coefficient (Wildman–Crippen LogP) is 2.04. The van der Waals surface area contributed by atoms with E-state index in [1.807, 2.05) is 11.9 Å². The molecule has 2 aliphatic heterocycles. The van der Waals surface area contributed by atoms with Gasteiger partial charge in [-0.3, -0.25) is 9.79 Å². The van der Waals surface area contributed by atoms with E-state index in [1.165, 1.54) is 24.3 Å². The van der Waals surface area contributed by atoms with Crippen LogP contribution in [0.2, 0.25) is 0 Å². The van der Waals surface area contributed by atoms with Crippen LogP contribution < -0.4 is 5.32 Å². The van der Waals surface area contributed by atoms with Crippen LogP contribution in [0.3, 0.4) is 0 Å². The third kappa shape index (κ3) is 4.55. The van der Waals surface area contributed by atoms with E-state index in [4.69, 9.17) is 0 Å². The Kier molecular flexibility index (Phi) is 6.23. The van der Waals surface area contributed by atoms with E-state index in [-0.39, 0.29) is 17.5 Å². The van der Waals surface area contributed by atoms with E-state index in [1.54, 1.807) is 0 Å². The summed E-state index contributed by atoms with van der Waals surface area (Å²) in [5, 5.41) is 3.51. The molecule has 0 spiro atoms. The first kappa shape index (κ1) is 18.4. The molecular weight excluding hydrogens is 308 g/mol. The monoisotopic (exact) mass is 340 g/mol. The highest BCUT2D eigenvalue weighted by molar-refractivity contribution is 7.99. The van der Waals surface area contributed by atoms with Crippen molar-refractivity contribution in [1.29, 1.82) is 0 Å². The summed E-state index contributed by atoms with van der Waals surface area (Å²) in [6, 6.07) is 0.231. The van der Waals surface area contributed by atoms with Crippen LogP contribution in [-0.2, 0) is 4.79 Å². The van der Waals surface area contributed by atoms with Crippen LogP contribution in [0.15, 0.2) is 4.99 Å². The molecule has 0 bridgehead atoms. The maximum Gasteiger partial charge on any atom is 0.242 e. The summed E-state index contributed by atoms with van der Waals surface area (Å²) in [5.74, 6) is 4.32. The van der Waals surface area contributed by atoms with Crippen molar-refractivity contribution in [3.8, 4) is 0 Å². The number of guanidine groups is 1. The summed E-state index contributed by atoms with van der Waals surface area (Å²) < 4.78 is 0. The van der Waals surface area contributed by atoms with Crippen molar-refractivity contribution in [2.45, 2.75) is 52.1 Å². The molecule has 0 atom stereocenters. The van der Waals surface area contributed by atoms with E-state index in [2.05, 4.69) is 54.7 Å². The van der Waals surface area contributed by atoms with E-state index in [9.17, 15) is 4.79 Å². The van der Waals surface area contributed by atoms with Gasteiger partial charge in [0.15, 0.2) is 5.96 Å². The van der Waals surface area contributed by atoms with Crippen LogP contribution in [0.4, 0.5) is 0 Å². The number of carbonyl (C=O) groups is 1. The van der Waals surface area contributed by atoms with Crippen molar-refractivity contribution in [3.63, 3.8) is 0 Å². The molecule has 23 heavy (non-hydrogen) atoms.